The van der Waals surface area contributed by atoms with Gasteiger partial charge in [-0.15, -0.1) is 0 Å². The molecule has 4 rings (SSSR count). The zero-order chi connectivity index (χ0) is 28.7. The molecular formula is C26H27F3N8O3. The molecule has 1 aromatic carbocycles. The van der Waals surface area contributed by atoms with Crippen LogP contribution in [0.3, 0.4) is 0 Å². The van der Waals surface area contributed by atoms with Crippen LogP contribution in [0.4, 0.5) is 35.3 Å². The maximum Gasteiger partial charge on any atom is 0.433 e. The summed E-state index contributed by atoms with van der Waals surface area (Å²) in [4.78, 5) is 32.9. The molecule has 0 radical (unpaired) electrons. The average Bonchev–Trinajstić information content (AvgIpc) is 3.32. The van der Waals surface area contributed by atoms with Gasteiger partial charge >= 0.3 is 12.2 Å². The van der Waals surface area contributed by atoms with E-state index in [2.05, 4.69) is 31.0 Å². The van der Waals surface area contributed by atoms with E-state index in [1.807, 2.05) is 6.92 Å². The number of ether oxygens (including phenoxy) is 1. The molecule has 0 aliphatic rings. The molecule has 3 heterocycles. The molecule has 0 atom stereocenters. The molecule has 0 saturated carbocycles. The zero-order valence-electron chi connectivity index (χ0n) is 21.5. The SMILES string of the molecule is CCCOCCCNC(=O)c1cn2ncnc(N)c2c1-c1ccc(NC(=O)Nc2cccc(C(F)(F)F)n2)cc1. The Kier molecular flexibility index (Phi) is 8.79. The van der Waals surface area contributed by atoms with E-state index < -0.39 is 17.9 Å². The van der Waals surface area contributed by atoms with Crippen LogP contribution < -0.4 is 21.7 Å². The van der Waals surface area contributed by atoms with Gasteiger partial charge in [0, 0.05) is 37.2 Å². The summed E-state index contributed by atoms with van der Waals surface area (Å²) < 4.78 is 45.6. The smallest absolute Gasteiger partial charge is 0.382 e. The number of fused-ring (bicyclic) bond motifs is 1. The lowest BCUT2D eigenvalue weighted by atomic mass is 10.0. The van der Waals surface area contributed by atoms with Crippen molar-refractivity contribution in [1.29, 1.82) is 0 Å². The predicted octanol–water partition coefficient (Wildman–Crippen LogP) is 4.58. The number of nitrogen functional groups attached to an aromatic ring is 1. The molecule has 40 heavy (non-hydrogen) atoms. The number of benzene rings is 1. The van der Waals surface area contributed by atoms with E-state index in [0.29, 0.717) is 54.1 Å². The molecule has 0 spiro atoms. The van der Waals surface area contributed by atoms with Crippen molar-refractivity contribution < 1.29 is 27.5 Å². The Morgan fingerprint density at radius 3 is 2.58 bits per heavy atom. The van der Waals surface area contributed by atoms with Crippen molar-refractivity contribution >= 4 is 34.8 Å². The van der Waals surface area contributed by atoms with Gasteiger partial charge in [0.25, 0.3) is 5.91 Å². The molecule has 0 unspecified atom stereocenters. The van der Waals surface area contributed by atoms with Gasteiger partial charge in [-0.05, 0) is 42.7 Å². The van der Waals surface area contributed by atoms with Gasteiger partial charge in [0.2, 0.25) is 0 Å². The van der Waals surface area contributed by atoms with Crippen LogP contribution in [0.25, 0.3) is 16.6 Å². The molecule has 3 amide bonds. The highest BCUT2D eigenvalue weighted by molar-refractivity contribution is 6.07. The van der Waals surface area contributed by atoms with Crippen molar-refractivity contribution in [3.8, 4) is 11.1 Å². The molecule has 11 nitrogen and oxygen atoms in total. The number of hydrogen-bond acceptors (Lipinski definition) is 7. The highest BCUT2D eigenvalue weighted by Crippen LogP contribution is 2.33. The number of aromatic nitrogens is 4. The fraction of sp³-hybridized carbons (Fsp3) is 0.269. The van der Waals surface area contributed by atoms with Gasteiger partial charge in [-0.2, -0.15) is 18.3 Å². The molecule has 0 aliphatic carbocycles. The maximum absolute atomic E-state index is 13.1. The van der Waals surface area contributed by atoms with Crippen LogP contribution in [0.15, 0.2) is 55.0 Å². The van der Waals surface area contributed by atoms with Crippen LogP contribution in [-0.4, -0.2) is 51.3 Å². The number of alkyl halides is 3. The Morgan fingerprint density at radius 2 is 1.85 bits per heavy atom. The Bertz CT molecular complexity index is 1490. The largest absolute Gasteiger partial charge is 0.433 e. The van der Waals surface area contributed by atoms with Gasteiger partial charge < -0.3 is 21.1 Å². The van der Waals surface area contributed by atoms with Gasteiger partial charge in [-0.1, -0.05) is 25.1 Å². The Hall–Kier alpha value is -4.72. The number of rotatable bonds is 10. The summed E-state index contributed by atoms with van der Waals surface area (Å²) in [6.45, 7) is 3.62. The Balaban J connectivity index is 1.50. The molecule has 5 N–H and O–H groups in total. The number of hydrogen-bond donors (Lipinski definition) is 4. The fourth-order valence-corrected chi connectivity index (χ4v) is 3.88. The molecule has 0 aliphatic heterocycles. The normalized spacial score (nSPS) is 11.4. The Morgan fingerprint density at radius 1 is 1.07 bits per heavy atom. The van der Waals surface area contributed by atoms with Crippen molar-refractivity contribution in [1.82, 2.24) is 24.9 Å². The van der Waals surface area contributed by atoms with Crippen LogP contribution in [0.1, 0.15) is 35.8 Å². The van der Waals surface area contributed by atoms with Crippen LogP contribution >= 0.6 is 0 Å². The first-order valence-corrected chi connectivity index (χ1v) is 12.4. The Labute approximate surface area is 226 Å². The number of halogens is 3. The van der Waals surface area contributed by atoms with Crippen LogP contribution in [-0.2, 0) is 10.9 Å². The van der Waals surface area contributed by atoms with Crippen LogP contribution in [0.2, 0.25) is 0 Å². The summed E-state index contributed by atoms with van der Waals surface area (Å²) >= 11 is 0. The van der Waals surface area contributed by atoms with E-state index in [4.69, 9.17) is 10.5 Å². The summed E-state index contributed by atoms with van der Waals surface area (Å²) in [5, 5.41) is 11.9. The summed E-state index contributed by atoms with van der Waals surface area (Å²) in [7, 11) is 0. The topological polar surface area (TPSA) is 149 Å². The highest BCUT2D eigenvalue weighted by Gasteiger charge is 2.32. The predicted molar refractivity (Wildman–Crippen MR) is 143 cm³/mol. The van der Waals surface area contributed by atoms with E-state index in [-0.39, 0.29) is 17.5 Å². The summed E-state index contributed by atoms with van der Waals surface area (Å²) in [6.07, 6.45) is -0.228. The van der Waals surface area contributed by atoms with Crippen LogP contribution in [0, 0.1) is 0 Å². The molecule has 0 saturated heterocycles. The number of carbonyl (C=O) groups excluding carboxylic acids is 2. The number of nitrogens with two attached hydrogens (primary N) is 1. The minimum Gasteiger partial charge on any atom is -0.382 e. The van der Waals surface area contributed by atoms with Gasteiger partial charge in [0.05, 0.1) is 5.56 Å². The third-order valence-electron chi connectivity index (χ3n) is 5.66. The number of nitrogens with one attached hydrogen (secondary N) is 3. The highest BCUT2D eigenvalue weighted by atomic mass is 19.4. The maximum atomic E-state index is 13.1. The second-order valence-electron chi connectivity index (χ2n) is 8.64. The number of pyridine rings is 1. The van der Waals surface area contributed by atoms with Crippen LogP contribution in [0.5, 0.6) is 0 Å². The monoisotopic (exact) mass is 556 g/mol. The molecule has 0 fully saturated rings. The van der Waals surface area contributed by atoms with Gasteiger partial charge in [0.15, 0.2) is 5.82 Å². The second kappa shape index (κ2) is 12.4. The zero-order valence-corrected chi connectivity index (χ0v) is 21.5. The lowest BCUT2D eigenvalue weighted by molar-refractivity contribution is -0.141. The number of amides is 3. The third kappa shape index (κ3) is 6.83. The van der Waals surface area contributed by atoms with Gasteiger partial charge in [-0.3, -0.25) is 10.1 Å². The first-order valence-electron chi connectivity index (χ1n) is 12.4. The first kappa shape index (κ1) is 28.3. The van der Waals surface area contributed by atoms with E-state index in [1.165, 1.54) is 16.9 Å². The van der Waals surface area contributed by atoms with E-state index >= 15 is 0 Å². The third-order valence-corrected chi connectivity index (χ3v) is 5.66. The lowest BCUT2D eigenvalue weighted by Gasteiger charge is -2.11. The summed E-state index contributed by atoms with van der Waals surface area (Å²) in [6, 6.07) is 8.88. The summed E-state index contributed by atoms with van der Waals surface area (Å²) in [5.74, 6) is -0.412. The second-order valence-corrected chi connectivity index (χ2v) is 8.64. The number of anilines is 3. The van der Waals surface area contributed by atoms with Crippen molar-refractivity contribution in [3.63, 3.8) is 0 Å². The number of urea groups is 1. The molecule has 3 aromatic heterocycles. The molecule has 14 heteroatoms. The molecule has 210 valence electrons. The van der Waals surface area contributed by atoms with Crippen molar-refractivity contribution in [2.75, 3.05) is 36.1 Å². The molecular weight excluding hydrogens is 529 g/mol. The van der Waals surface area contributed by atoms with Crippen molar-refractivity contribution in [2.45, 2.75) is 25.9 Å². The number of carbonyl (C=O) groups is 2. The quantitative estimate of drug-likeness (QED) is 0.209. The minimum atomic E-state index is -4.64. The fourth-order valence-electron chi connectivity index (χ4n) is 3.88. The summed E-state index contributed by atoms with van der Waals surface area (Å²) in [5.41, 5.74) is 7.22. The van der Waals surface area contributed by atoms with E-state index in [1.54, 1.807) is 30.5 Å². The lowest BCUT2D eigenvalue weighted by Crippen LogP contribution is -2.25. The number of nitrogens with zero attached hydrogens (tertiary/aromatic N) is 4. The van der Waals surface area contributed by atoms with Gasteiger partial charge in [0.1, 0.15) is 23.4 Å². The van der Waals surface area contributed by atoms with Crippen molar-refractivity contribution in [2.24, 2.45) is 0 Å². The minimum absolute atomic E-state index is 0.173. The molecule has 4 aromatic rings. The van der Waals surface area contributed by atoms with E-state index in [0.717, 1.165) is 18.6 Å². The van der Waals surface area contributed by atoms with E-state index in [9.17, 15) is 22.8 Å². The first-order chi connectivity index (χ1) is 19.2. The van der Waals surface area contributed by atoms with Crippen molar-refractivity contribution in [3.05, 3.63) is 66.2 Å². The standard InChI is InChI=1S/C26H27F3N8O3/c1-2-12-40-13-4-11-31-24(38)18-14-37-22(23(30)32-15-33-37)21(18)16-7-9-17(10-8-16)34-25(39)36-20-6-3-5-19(35-20)26(27,28)29/h3,5-10,14-15H,2,4,11-13H2,1H3,(H,31,38)(H2,30,32,33)(H2,34,35,36,39). The van der Waals surface area contributed by atoms with Gasteiger partial charge in [-0.25, -0.2) is 19.3 Å². The average molecular weight is 557 g/mol. The molecule has 0 bridgehead atoms.